The standard InChI is InChI=1S/C23H21BrClN5O/c1-14-7-9-17(10-8-14)13-29-22(25)21(16(3)28-29)23(31)26-20-11-15(2)27-30(20)19-6-4-5-18(24)12-19/h4-12H,13H2,1-3H3,(H,26,31). The summed E-state index contributed by atoms with van der Waals surface area (Å²) in [4.78, 5) is 13.1. The highest BCUT2D eigenvalue weighted by Crippen LogP contribution is 2.25. The Hall–Kier alpha value is -2.90. The molecule has 0 saturated carbocycles. The Bertz CT molecular complexity index is 1260. The van der Waals surface area contributed by atoms with Crippen LogP contribution in [0.3, 0.4) is 0 Å². The number of anilines is 1. The normalized spacial score (nSPS) is 11.0. The van der Waals surface area contributed by atoms with Gasteiger partial charge in [0.1, 0.15) is 11.0 Å². The fourth-order valence-corrected chi connectivity index (χ4v) is 4.06. The summed E-state index contributed by atoms with van der Waals surface area (Å²) in [5, 5.41) is 12.2. The van der Waals surface area contributed by atoms with Gasteiger partial charge in [-0.1, -0.05) is 63.4 Å². The first-order chi connectivity index (χ1) is 14.8. The number of carbonyl (C=O) groups excluding carboxylic acids is 1. The van der Waals surface area contributed by atoms with Crippen LogP contribution in [0, 0.1) is 20.8 Å². The van der Waals surface area contributed by atoms with Crippen LogP contribution in [0.5, 0.6) is 0 Å². The van der Waals surface area contributed by atoms with Crippen LogP contribution in [-0.4, -0.2) is 25.5 Å². The lowest BCUT2D eigenvalue weighted by atomic mass is 10.1. The molecule has 2 aromatic carbocycles. The number of hydrogen-bond donors (Lipinski definition) is 1. The highest BCUT2D eigenvalue weighted by Gasteiger charge is 2.22. The van der Waals surface area contributed by atoms with Gasteiger partial charge in [0.2, 0.25) is 0 Å². The molecule has 1 N–H and O–H groups in total. The van der Waals surface area contributed by atoms with E-state index in [4.69, 9.17) is 11.6 Å². The summed E-state index contributed by atoms with van der Waals surface area (Å²) in [6.07, 6.45) is 0. The predicted molar refractivity (Wildman–Crippen MR) is 126 cm³/mol. The van der Waals surface area contributed by atoms with Gasteiger partial charge in [0, 0.05) is 10.5 Å². The van der Waals surface area contributed by atoms with Crippen molar-refractivity contribution < 1.29 is 4.79 Å². The largest absolute Gasteiger partial charge is 0.306 e. The van der Waals surface area contributed by atoms with Gasteiger partial charge in [-0.15, -0.1) is 0 Å². The molecule has 158 valence electrons. The van der Waals surface area contributed by atoms with E-state index in [1.165, 1.54) is 5.56 Å². The summed E-state index contributed by atoms with van der Waals surface area (Å²) < 4.78 is 4.26. The zero-order valence-electron chi connectivity index (χ0n) is 17.4. The highest BCUT2D eigenvalue weighted by atomic mass is 79.9. The molecule has 0 fully saturated rings. The molecule has 4 rings (SSSR count). The molecule has 1 amide bonds. The summed E-state index contributed by atoms with van der Waals surface area (Å²) in [7, 11) is 0. The lowest BCUT2D eigenvalue weighted by molar-refractivity contribution is 0.102. The molecular formula is C23H21BrClN5O. The number of benzene rings is 2. The Morgan fingerprint density at radius 2 is 1.81 bits per heavy atom. The maximum Gasteiger partial charge on any atom is 0.261 e. The monoisotopic (exact) mass is 497 g/mol. The van der Waals surface area contributed by atoms with Gasteiger partial charge in [-0.3, -0.25) is 4.79 Å². The number of amides is 1. The molecule has 2 aromatic heterocycles. The number of hydrogen-bond acceptors (Lipinski definition) is 3. The summed E-state index contributed by atoms with van der Waals surface area (Å²) in [6, 6.07) is 17.7. The molecular weight excluding hydrogens is 478 g/mol. The lowest BCUT2D eigenvalue weighted by Gasteiger charge is -2.09. The Morgan fingerprint density at radius 3 is 2.52 bits per heavy atom. The molecule has 0 spiro atoms. The van der Waals surface area contributed by atoms with Crippen molar-refractivity contribution in [3.05, 3.63) is 92.3 Å². The molecule has 0 saturated heterocycles. The molecule has 0 aliphatic heterocycles. The molecule has 0 atom stereocenters. The number of halogens is 2. The highest BCUT2D eigenvalue weighted by molar-refractivity contribution is 9.10. The maximum absolute atomic E-state index is 13.1. The number of carbonyl (C=O) groups is 1. The maximum atomic E-state index is 13.1. The quantitative estimate of drug-likeness (QED) is 0.383. The average Bonchev–Trinajstić information content (AvgIpc) is 3.22. The number of nitrogens with one attached hydrogen (secondary N) is 1. The van der Waals surface area contributed by atoms with Gasteiger partial charge in [-0.05, 0) is 44.5 Å². The number of rotatable bonds is 5. The van der Waals surface area contributed by atoms with Crippen molar-refractivity contribution >= 4 is 39.3 Å². The van der Waals surface area contributed by atoms with Crippen LogP contribution in [0.4, 0.5) is 5.82 Å². The second-order valence-corrected chi connectivity index (χ2v) is 8.68. The van der Waals surface area contributed by atoms with Crippen molar-refractivity contribution in [2.45, 2.75) is 27.3 Å². The van der Waals surface area contributed by atoms with Crippen LogP contribution in [0.1, 0.15) is 32.9 Å². The van der Waals surface area contributed by atoms with E-state index in [9.17, 15) is 4.79 Å². The minimum atomic E-state index is -0.325. The van der Waals surface area contributed by atoms with Gasteiger partial charge >= 0.3 is 0 Å². The van der Waals surface area contributed by atoms with Gasteiger partial charge < -0.3 is 5.32 Å². The van der Waals surface area contributed by atoms with E-state index in [1.807, 2.05) is 68.4 Å². The van der Waals surface area contributed by atoms with Gasteiger partial charge in [0.25, 0.3) is 5.91 Å². The van der Waals surface area contributed by atoms with Crippen molar-refractivity contribution in [3.63, 3.8) is 0 Å². The minimum absolute atomic E-state index is 0.306. The topological polar surface area (TPSA) is 64.7 Å². The Labute approximate surface area is 194 Å². The van der Waals surface area contributed by atoms with Gasteiger partial charge in [0.05, 0.1) is 29.2 Å². The van der Waals surface area contributed by atoms with Crippen molar-refractivity contribution in [2.24, 2.45) is 0 Å². The number of aromatic nitrogens is 4. The fraction of sp³-hybridized carbons (Fsp3) is 0.174. The lowest BCUT2D eigenvalue weighted by Crippen LogP contribution is -2.16. The average molecular weight is 499 g/mol. The van der Waals surface area contributed by atoms with Crippen molar-refractivity contribution in [1.82, 2.24) is 19.6 Å². The summed E-state index contributed by atoms with van der Waals surface area (Å²) in [5.74, 6) is 0.233. The van der Waals surface area contributed by atoms with Crippen LogP contribution in [-0.2, 0) is 6.54 Å². The van der Waals surface area contributed by atoms with E-state index in [1.54, 1.807) is 16.3 Å². The van der Waals surface area contributed by atoms with Crippen molar-refractivity contribution in [3.8, 4) is 5.69 Å². The first-order valence-electron chi connectivity index (χ1n) is 9.74. The molecule has 8 heteroatoms. The van der Waals surface area contributed by atoms with E-state index < -0.39 is 0 Å². The van der Waals surface area contributed by atoms with E-state index in [-0.39, 0.29) is 5.91 Å². The predicted octanol–water partition coefficient (Wildman–Crippen LogP) is 5.71. The first-order valence-corrected chi connectivity index (χ1v) is 10.9. The molecule has 0 radical (unpaired) electrons. The number of nitrogens with zero attached hydrogens (tertiary/aromatic N) is 4. The molecule has 31 heavy (non-hydrogen) atoms. The van der Waals surface area contributed by atoms with E-state index >= 15 is 0 Å². The van der Waals surface area contributed by atoms with Crippen LogP contribution in [0.2, 0.25) is 5.15 Å². The summed E-state index contributed by atoms with van der Waals surface area (Å²) in [5.41, 5.74) is 4.78. The van der Waals surface area contributed by atoms with Crippen molar-refractivity contribution in [2.75, 3.05) is 5.32 Å². The molecule has 0 bridgehead atoms. The van der Waals surface area contributed by atoms with E-state index in [0.717, 1.165) is 21.4 Å². The van der Waals surface area contributed by atoms with E-state index in [2.05, 4.69) is 31.4 Å². The van der Waals surface area contributed by atoms with Crippen LogP contribution < -0.4 is 5.32 Å². The van der Waals surface area contributed by atoms with Crippen LogP contribution >= 0.6 is 27.5 Å². The molecule has 4 aromatic rings. The summed E-state index contributed by atoms with van der Waals surface area (Å²) in [6.45, 7) is 6.19. The Kier molecular flexibility index (Phi) is 5.98. The molecule has 0 aliphatic rings. The Morgan fingerprint density at radius 1 is 1.06 bits per heavy atom. The minimum Gasteiger partial charge on any atom is -0.306 e. The second-order valence-electron chi connectivity index (χ2n) is 7.41. The third kappa shape index (κ3) is 4.57. The molecule has 6 nitrogen and oxygen atoms in total. The van der Waals surface area contributed by atoms with Gasteiger partial charge in [-0.2, -0.15) is 10.2 Å². The number of aryl methyl sites for hydroxylation is 3. The van der Waals surface area contributed by atoms with E-state index in [0.29, 0.717) is 28.8 Å². The molecule has 0 aliphatic carbocycles. The smallest absolute Gasteiger partial charge is 0.261 e. The third-order valence-electron chi connectivity index (χ3n) is 4.87. The van der Waals surface area contributed by atoms with Gasteiger partial charge in [0.15, 0.2) is 0 Å². The SMILES string of the molecule is Cc1ccc(Cn2nc(C)c(C(=O)Nc3cc(C)nn3-c3cccc(Br)c3)c2Cl)cc1. The summed E-state index contributed by atoms with van der Waals surface area (Å²) >= 11 is 10.0. The molecule has 2 heterocycles. The van der Waals surface area contributed by atoms with Crippen molar-refractivity contribution in [1.29, 1.82) is 0 Å². The zero-order valence-corrected chi connectivity index (χ0v) is 19.7. The Balaban J connectivity index is 1.61. The molecule has 0 unspecified atom stereocenters. The fourth-order valence-electron chi connectivity index (χ4n) is 3.35. The third-order valence-corrected chi connectivity index (χ3v) is 5.75. The second kappa shape index (κ2) is 8.69. The van der Waals surface area contributed by atoms with Gasteiger partial charge in [-0.25, -0.2) is 9.36 Å². The zero-order chi connectivity index (χ0) is 22.1. The van der Waals surface area contributed by atoms with Crippen LogP contribution in [0.15, 0.2) is 59.1 Å². The first kappa shape index (κ1) is 21.3. The van der Waals surface area contributed by atoms with Crippen LogP contribution in [0.25, 0.3) is 5.69 Å².